The molecule has 1 fully saturated rings. The summed E-state index contributed by atoms with van der Waals surface area (Å²) in [4.78, 5) is 29.5. The number of ether oxygens (including phenoxy) is 2. The molecule has 0 aliphatic carbocycles. The first-order valence-electron chi connectivity index (χ1n) is 13.0. The van der Waals surface area contributed by atoms with Crippen molar-refractivity contribution in [3.63, 3.8) is 0 Å². The van der Waals surface area contributed by atoms with Crippen LogP contribution in [0.25, 0.3) is 11.2 Å². The van der Waals surface area contributed by atoms with Crippen molar-refractivity contribution < 1.29 is 14.3 Å². The molecule has 2 aromatic carbocycles. The number of benzene rings is 2. The van der Waals surface area contributed by atoms with E-state index in [2.05, 4.69) is 36.5 Å². The average molecular weight is 610 g/mol. The molecule has 0 saturated carbocycles. The Hall–Kier alpha value is -3.31. The maximum Gasteiger partial charge on any atom is 0.253 e. The highest BCUT2D eigenvalue weighted by Crippen LogP contribution is 2.43. The monoisotopic (exact) mass is 608 g/mol. The molecule has 39 heavy (non-hydrogen) atoms. The van der Waals surface area contributed by atoms with Crippen LogP contribution in [-0.2, 0) is 6.54 Å². The highest BCUT2D eigenvalue weighted by atomic mass is 79.9. The van der Waals surface area contributed by atoms with Crippen LogP contribution in [-0.4, -0.2) is 50.2 Å². The van der Waals surface area contributed by atoms with Crippen molar-refractivity contribution in [3.05, 3.63) is 57.8 Å². The summed E-state index contributed by atoms with van der Waals surface area (Å²) in [7, 11) is 0. The predicted molar refractivity (Wildman–Crippen MR) is 153 cm³/mol. The second kappa shape index (κ2) is 10.7. The van der Waals surface area contributed by atoms with E-state index in [4.69, 9.17) is 20.2 Å². The third-order valence-electron chi connectivity index (χ3n) is 7.28. The van der Waals surface area contributed by atoms with Crippen molar-refractivity contribution >= 4 is 50.6 Å². The Bertz CT molecular complexity index is 1550. The van der Waals surface area contributed by atoms with Crippen molar-refractivity contribution in [1.29, 1.82) is 0 Å². The Kier molecular flexibility index (Phi) is 7.11. The van der Waals surface area contributed by atoms with E-state index < -0.39 is 0 Å². The Morgan fingerprint density at radius 2 is 1.79 bits per heavy atom. The molecule has 0 radical (unpaired) electrons. The molecule has 2 aliphatic rings. The number of aryl methyl sites for hydroxylation is 3. The highest BCUT2D eigenvalue weighted by Gasteiger charge is 2.25. The van der Waals surface area contributed by atoms with Gasteiger partial charge in [0.15, 0.2) is 33.6 Å². The van der Waals surface area contributed by atoms with Crippen LogP contribution >= 0.6 is 27.7 Å². The summed E-state index contributed by atoms with van der Waals surface area (Å²) >= 11 is 5.18. The van der Waals surface area contributed by atoms with Gasteiger partial charge in [-0.25, -0.2) is 15.0 Å². The van der Waals surface area contributed by atoms with E-state index in [-0.39, 0.29) is 12.7 Å². The topological polar surface area (TPSA) is 108 Å². The molecule has 4 aromatic rings. The van der Waals surface area contributed by atoms with Crippen LogP contribution in [0.2, 0.25) is 0 Å². The maximum absolute atomic E-state index is 13.1. The van der Waals surface area contributed by atoms with E-state index in [9.17, 15) is 4.79 Å². The fourth-order valence-corrected chi connectivity index (χ4v) is 6.81. The zero-order valence-electron chi connectivity index (χ0n) is 21.8. The van der Waals surface area contributed by atoms with E-state index in [1.165, 1.54) is 18.1 Å². The Balaban J connectivity index is 1.17. The molecule has 6 rings (SSSR count). The van der Waals surface area contributed by atoms with Gasteiger partial charge in [0.2, 0.25) is 6.79 Å². The van der Waals surface area contributed by atoms with Gasteiger partial charge >= 0.3 is 0 Å². The molecule has 9 nitrogen and oxygen atoms in total. The zero-order chi connectivity index (χ0) is 27.1. The predicted octanol–water partition coefficient (Wildman–Crippen LogP) is 5.61. The second-order valence-electron chi connectivity index (χ2n) is 10.1. The number of fused-ring (bicyclic) bond motifs is 2. The number of imidazole rings is 1. The number of aromatic nitrogens is 4. The molecule has 202 valence electrons. The van der Waals surface area contributed by atoms with Gasteiger partial charge in [-0.15, -0.1) is 0 Å². The minimum Gasteiger partial charge on any atom is -0.454 e. The first-order chi connectivity index (χ1) is 18.9. The molecule has 1 amide bonds. The summed E-state index contributed by atoms with van der Waals surface area (Å²) in [5.41, 5.74) is 10.5. The Morgan fingerprint density at radius 3 is 2.54 bits per heavy atom. The van der Waals surface area contributed by atoms with Gasteiger partial charge in [0, 0.05) is 34.6 Å². The molecule has 4 heterocycles. The van der Waals surface area contributed by atoms with Crippen molar-refractivity contribution in [2.45, 2.75) is 49.7 Å². The Labute approximate surface area is 239 Å². The van der Waals surface area contributed by atoms with Gasteiger partial charge in [0.25, 0.3) is 5.91 Å². The van der Waals surface area contributed by atoms with Crippen LogP contribution in [0.15, 0.2) is 51.2 Å². The summed E-state index contributed by atoms with van der Waals surface area (Å²) in [6.07, 6.45) is 4.38. The summed E-state index contributed by atoms with van der Waals surface area (Å²) in [6, 6.07) is 9.93. The number of carbonyl (C=O) groups excluding carboxylic acids is 1. The van der Waals surface area contributed by atoms with E-state index >= 15 is 0 Å². The SMILES string of the molecule is Cc1cc(C)cc(C(=O)N2CCC(CCn3c(Sc4cc5c(cc4Br)OCO5)nc4c(N)ncnc43)CC2)c1. The van der Waals surface area contributed by atoms with Crippen LogP contribution in [0.4, 0.5) is 5.82 Å². The smallest absolute Gasteiger partial charge is 0.253 e. The number of anilines is 1. The molecule has 0 unspecified atom stereocenters. The van der Waals surface area contributed by atoms with Crippen LogP contribution in [0, 0.1) is 19.8 Å². The number of nitrogens with zero attached hydrogens (tertiary/aromatic N) is 5. The summed E-state index contributed by atoms with van der Waals surface area (Å²) in [5, 5.41) is 0.791. The lowest BCUT2D eigenvalue weighted by Gasteiger charge is -2.32. The van der Waals surface area contributed by atoms with Crippen LogP contribution < -0.4 is 15.2 Å². The van der Waals surface area contributed by atoms with Gasteiger partial charge in [0.05, 0.1) is 0 Å². The molecule has 0 atom stereocenters. The number of likely N-dealkylation sites (tertiary alicyclic amines) is 1. The van der Waals surface area contributed by atoms with Crippen LogP contribution in [0.5, 0.6) is 11.5 Å². The van der Waals surface area contributed by atoms with Crippen molar-refractivity contribution in [2.24, 2.45) is 5.92 Å². The molecule has 2 aromatic heterocycles. The van der Waals surface area contributed by atoms with E-state index in [0.29, 0.717) is 23.0 Å². The number of nitrogens with two attached hydrogens (primary N) is 1. The number of carbonyl (C=O) groups is 1. The molecule has 1 saturated heterocycles. The van der Waals surface area contributed by atoms with Crippen LogP contribution in [0.3, 0.4) is 0 Å². The quantitative estimate of drug-likeness (QED) is 0.301. The maximum atomic E-state index is 13.1. The summed E-state index contributed by atoms with van der Waals surface area (Å²) < 4.78 is 14.1. The standard InChI is InChI=1S/C28H29BrN6O3S/c1-16-9-17(2)11-19(10-16)27(36)34-6-3-18(4-7-34)5-8-35-26-24(25(30)31-14-32-26)33-28(35)39-23-13-22-21(12-20(23)29)37-15-38-22/h9-14,18H,3-8,15H2,1-2H3,(H2,30,31,32). The molecule has 2 aliphatic heterocycles. The van der Waals surface area contributed by atoms with Crippen molar-refractivity contribution in [1.82, 2.24) is 24.4 Å². The third-order valence-corrected chi connectivity index (χ3v) is 9.26. The first kappa shape index (κ1) is 25.9. The van der Waals surface area contributed by atoms with Crippen molar-refractivity contribution in [2.75, 3.05) is 25.6 Å². The zero-order valence-corrected chi connectivity index (χ0v) is 24.2. The molecule has 0 bridgehead atoms. The van der Waals surface area contributed by atoms with Gasteiger partial charge in [-0.3, -0.25) is 4.79 Å². The Morgan fingerprint density at radius 1 is 1.08 bits per heavy atom. The van der Waals surface area contributed by atoms with E-state index in [0.717, 1.165) is 81.5 Å². The lowest BCUT2D eigenvalue weighted by Crippen LogP contribution is -2.38. The summed E-state index contributed by atoms with van der Waals surface area (Å²) in [5.74, 6) is 2.42. The third kappa shape index (κ3) is 5.29. The lowest BCUT2D eigenvalue weighted by molar-refractivity contribution is 0.0684. The molecule has 2 N–H and O–H groups in total. The van der Waals surface area contributed by atoms with Gasteiger partial charge < -0.3 is 24.7 Å². The number of hydrogen-bond acceptors (Lipinski definition) is 8. The number of nitrogen functional groups attached to an aromatic ring is 1. The lowest BCUT2D eigenvalue weighted by atomic mass is 9.93. The first-order valence-corrected chi connectivity index (χ1v) is 14.6. The molecular formula is C28H29BrN6O3S. The number of piperidine rings is 1. The number of hydrogen-bond donors (Lipinski definition) is 1. The van der Waals surface area contributed by atoms with E-state index in [1.54, 1.807) is 0 Å². The number of rotatable bonds is 6. The largest absolute Gasteiger partial charge is 0.454 e. The van der Waals surface area contributed by atoms with Gasteiger partial charge in [-0.05, 0) is 79.2 Å². The highest BCUT2D eigenvalue weighted by molar-refractivity contribution is 9.10. The summed E-state index contributed by atoms with van der Waals surface area (Å²) in [6.45, 7) is 6.56. The minimum atomic E-state index is 0.126. The van der Waals surface area contributed by atoms with Gasteiger partial charge in [-0.1, -0.05) is 29.0 Å². The van der Waals surface area contributed by atoms with Crippen LogP contribution in [0.1, 0.15) is 40.7 Å². The number of halogens is 1. The van der Waals surface area contributed by atoms with E-state index in [1.807, 2.05) is 43.0 Å². The van der Waals surface area contributed by atoms with Gasteiger partial charge in [-0.2, -0.15) is 0 Å². The minimum absolute atomic E-state index is 0.126. The molecular weight excluding hydrogens is 580 g/mol. The normalized spacial score (nSPS) is 15.3. The van der Waals surface area contributed by atoms with Crippen molar-refractivity contribution in [3.8, 4) is 11.5 Å². The fourth-order valence-electron chi connectivity index (χ4n) is 5.31. The molecule has 11 heteroatoms. The second-order valence-corrected chi connectivity index (χ2v) is 12.0. The van der Waals surface area contributed by atoms with Gasteiger partial charge in [0.1, 0.15) is 6.33 Å². The molecule has 0 spiro atoms. The average Bonchev–Trinajstić information content (AvgIpc) is 3.51. The number of amides is 1. The fraction of sp³-hybridized carbons (Fsp3) is 0.357.